The molecule has 2 rings (SSSR count). The van der Waals surface area contributed by atoms with Crippen molar-refractivity contribution in [1.29, 1.82) is 0 Å². The minimum Gasteiger partial charge on any atom is -0.322 e. The van der Waals surface area contributed by atoms with Crippen molar-refractivity contribution in [2.75, 3.05) is 5.32 Å². The molecule has 0 unspecified atom stereocenters. The van der Waals surface area contributed by atoms with Gasteiger partial charge in [0.2, 0.25) is 5.28 Å². The van der Waals surface area contributed by atoms with E-state index in [1.807, 2.05) is 6.07 Å². The van der Waals surface area contributed by atoms with Crippen molar-refractivity contribution in [2.24, 2.45) is 0 Å². The molecule has 0 aromatic carbocycles. The first-order chi connectivity index (χ1) is 7.69. The van der Waals surface area contributed by atoms with E-state index in [4.69, 9.17) is 11.6 Å². The minimum absolute atomic E-state index is 0.192. The van der Waals surface area contributed by atoms with Crippen LogP contribution in [0.25, 0.3) is 0 Å². The van der Waals surface area contributed by atoms with Crippen LogP contribution in [0.3, 0.4) is 0 Å². The normalized spacial score (nSPS) is 10.4. The Kier molecular flexibility index (Phi) is 3.40. The maximum atomic E-state index is 5.70. The number of rotatable bonds is 3. The lowest BCUT2D eigenvalue weighted by atomic mass is 10.3. The standard InChI is InChI=1S/C9H9BrClN5/c1-2-5-3-7(16-15-5)13-8-6(10)4-12-9(11)14-8/h3-4H,2H2,1H3,(H2,12,13,14,15,16). The first kappa shape index (κ1) is 11.3. The molecule has 2 aromatic heterocycles. The summed E-state index contributed by atoms with van der Waals surface area (Å²) in [6.07, 6.45) is 2.49. The molecule has 16 heavy (non-hydrogen) atoms. The van der Waals surface area contributed by atoms with Gasteiger partial charge in [-0.25, -0.2) is 4.98 Å². The summed E-state index contributed by atoms with van der Waals surface area (Å²) in [4.78, 5) is 7.89. The van der Waals surface area contributed by atoms with Crippen LogP contribution in [0.15, 0.2) is 16.7 Å². The number of halogens is 2. The van der Waals surface area contributed by atoms with Crippen molar-refractivity contribution >= 4 is 39.2 Å². The first-order valence-corrected chi connectivity index (χ1v) is 5.85. The van der Waals surface area contributed by atoms with Crippen LogP contribution in [0.2, 0.25) is 5.28 Å². The number of H-pyrrole nitrogens is 1. The number of hydrogen-bond donors (Lipinski definition) is 2. The molecule has 2 aromatic rings. The lowest BCUT2D eigenvalue weighted by molar-refractivity contribution is 0.975. The fourth-order valence-electron chi connectivity index (χ4n) is 1.16. The average Bonchev–Trinajstić information content (AvgIpc) is 2.71. The Labute approximate surface area is 106 Å². The number of aryl methyl sites for hydroxylation is 1. The summed E-state index contributed by atoms with van der Waals surface area (Å²) in [6, 6.07) is 1.92. The molecular weight excluding hydrogens is 293 g/mol. The summed E-state index contributed by atoms with van der Waals surface area (Å²) in [7, 11) is 0. The number of nitrogens with zero attached hydrogens (tertiary/aromatic N) is 3. The van der Waals surface area contributed by atoms with Crippen LogP contribution in [0.1, 0.15) is 12.6 Å². The summed E-state index contributed by atoms with van der Waals surface area (Å²) in [5, 5.41) is 10.2. The Morgan fingerprint density at radius 1 is 1.56 bits per heavy atom. The van der Waals surface area contributed by atoms with E-state index in [-0.39, 0.29) is 5.28 Å². The van der Waals surface area contributed by atoms with E-state index in [2.05, 4.69) is 48.3 Å². The maximum Gasteiger partial charge on any atom is 0.224 e. The molecule has 2 heterocycles. The molecule has 0 aliphatic heterocycles. The quantitative estimate of drug-likeness (QED) is 0.856. The predicted octanol–water partition coefficient (Wildman–Crippen LogP) is 2.92. The van der Waals surface area contributed by atoms with Gasteiger partial charge in [-0.1, -0.05) is 6.92 Å². The summed E-state index contributed by atoms with van der Waals surface area (Å²) in [6.45, 7) is 2.05. The second-order valence-corrected chi connectivity index (χ2v) is 4.28. The van der Waals surface area contributed by atoms with E-state index in [1.165, 1.54) is 0 Å². The highest BCUT2D eigenvalue weighted by Gasteiger charge is 2.06. The summed E-state index contributed by atoms with van der Waals surface area (Å²) >= 11 is 9.03. The fraction of sp³-hybridized carbons (Fsp3) is 0.222. The van der Waals surface area contributed by atoms with Gasteiger partial charge in [0.05, 0.1) is 4.47 Å². The lowest BCUT2D eigenvalue weighted by Crippen LogP contribution is -1.96. The Bertz CT molecular complexity index is 498. The second kappa shape index (κ2) is 4.80. The molecule has 0 spiro atoms. The van der Waals surface area contributed by atoms with Crippen molar-refractivity contribution in [3.8, 4) is 0 Å². The molecule has 0 bridgehead atoms. The molecule has 0 saturated carbocycles. The lowest BCUT2D eigenvalue weighted by Gasteiger charge is -2.03. The van der Waals surface area contributed by atoms with E-state index in [9.17, 15) is 0 Å². The van der Waals surface area contributed by atoms with E-state index >= 15 is 0 Å². The molecule has 2 N–H and O–H groups in total. The van der Waals surface area contributed by atoms with Gasteiger partial charge >= 0.3 is 0 Å². The van der Waals surface area contributed by atoms with Crippen molar-refractivity contribution in [1.82, 2.24) is 20.2 Å². The molecule has 0 saturated heterocycles. The number of anilines is 2. The zero-order valence-electron chi connectivity index (χ0n) is 8.46. The van der Waals surface area contributed by atoms with Gasteiger partial charge in [0, 0.05) is 18.0 Å². The fourth-order valence-corrected chi connectivity index (χ4v) is 1.58. The Balaban J connectivity index is 2.22. The van der Waals surface area contributed by atoms with Crippen LogP contribution in [0, 0.1) is 0 Å². The largest absolute Gasteiger partial charge is 0.322 e. The molecule has 84 valence electrons. The van der Waals surface area contributed by atoms with Crippen LogP contribution < -0.4 is 5.32 Å². The van der Waals surface area contributed by atoms with Crippen molar-refractivity contribution in [2.45, 2.75) is 13.3 Å². The van der Waals surface area contributed by atoms with Gasteiger partial charge in [-0.05, 0) is 34.0 Å². The van der Waals surface area contributed by atoms with Gasteiger partial charge in [0.15, 0.2) is 11.6 Å². The zero-order valence-corrected chi connectivity index (χ0v) is 10.8. The van der Waals surface area contributed by atoms with E-state index in [0.717, 1.165) is 16.6 Å². The second-order valence-electron chi connectivity index (χ2n) is 3.09. The van der Waals surface area contributed by atoms with E-state index < -0.39 is 0 Å². The molecule has 0 atom stereocenters. The molecule has 0 aliphatic carbocycles. The van der Waals surface area contributed by atoms with Gasteiger partial charge < -0.3 is 5.32 Å². The van der Waals surface area contributed by atoms with Crippen molar-refractivity contribution < 1.29 is 0 Å². The van der Waals surface area contributed by atoms with Crippen LogP contribution >= 0.6 is 27.5 Å². The molecule has 5 nitrogen and oxygen atoms in total. The minimum atomic E-state index is 0.192. The number of hydrogen-bond acceptors (Lipinski definition) is 4. The maximum absolute atomic E-state index is 5.70. The van der Waals surface area contributed by atoms with Gasteiger partial charge in [0.1, 0.15) is 0 Å². The smallest absolute Gasteiger partial charge is 0.224 e. The topological polar surface area (TPSA) is 66.5 Å². The Morgan fingerprint density at radius 2 is 2.38 bits per heavy atom. The zero-order chi connectivity index (χ0) is 11.5. The van der Waals surface area contributed by atoms with Crippen LogP contribution in [0.4, 0.5) is 11.6 Å². The van der Waals surface area contributed by atoms with Crippen LogP contribution in [-0.2, 0) is 6.42 Å². The summed E-state index contributed by atoms with van der Waals surface area (Å²) in [5.41, 5.74) is 1.05. The third-order valence-corrected chi connectivity index (χ3v) is 2.74. The predicted molar refractivity (Wildman–Crippen MR) is 66.0 cm³/mol. The SMILES string of the molecule is CCc1cc(Nc2nc(Cl)ncc2Br)n[nH]1. The third kappa shape index (κ3) is 2.51. The molecular formula is C9H9BrClN5. The molecule has 0 radical (unpaired) electrons. The van der Waals surface area contributed by atoms with E-state index in [1.54, 1.807) is 6.20 Å². The van der Waals surface area contributed by atoms with E-state index in [0.29, 0.717) is 11.6 Å². The number of nitrogens with one attached hydrogen (secondary N) is 2. The van der Waals surface area contributed by atoms with Crippen LogP contribution in [-0.4, -0.2) is 20.2 Å². The molecule has 0 fully saturated rings. The monoisotopic (exact) mass is 301 g/mol. The molecule has 0 aliphatic rings. The summed E-state index contributed by atoms with van der Waals surface area (Å²) < 4.78 is 0.734. The third-order valence-electron chi connectivity index (χ3n) is 1.97. The summed E-state index contributed by atoms with van der Waals surface area (Å²) in [5.74, 6) is 1.29. The van der Waals surface area contributed by atoms with Gasteiger partial charge in [-0.15, -0.1) is 0 Å². The van der Waals surface area contributed by atoms with Crippen LogP contribution in [0.5, 0.6) is 0 Å². The highest BCUT2D eigenvalue weighted by molar-refractivity contribution is 9.10. The average molecular weight is 303 g/mol. The van der Waals surface area contributed by atoms with Crippen molar-refractivity contribution in [3.05, 3.63) is 27.7 Å². The molecule has 7 heteroatoms. The van der Waals surface area contributed by atoms with Gasteiger partial charge in [0.25, 0.3) is 0 Å². The Hall–Kier alpha value is -1.14. The van der Waals surface area contributed by atoms with Gasteiger partial charge in [-0.2, -0.15) is 10.1 Å². The van der Waals surface area contributed by atoms with Crippen molar-refractivity contribution in [3.63, 3.8) is 0 Å². The number of aromatic amines is 1. The van der Waals surface area contributed by atoms with Gasteiger partial charge in [-0.3, -0.25) is 5.10 Å². The first-order valence-electron chi connectivity index (χ1n) is 4.68. The Morgan fingerprint density at radius 3 is 3.06 bits per heavy atom. The number of aromatic nitrogens is 4. The highest BCUT2D eigenvalue weighted by Crippen LogP contribution is 2.23. The highest BCUT2D eigenvalue weighted by atomic mass is 79.9. The molecule has 0 amide bonds.